The number of pyridine rings is 1. The molecule has 0 amide bonds. The molecule has 3 heterocycles. The Balaban J connectivity index is 2.39. The van der Waals surface area contributed by atoms with Crippen molar-refractivity contribution in [3.63, 3.8) is 0 Å². The van der Waals surface area contributed by atoms with Gasteiger partial charge >= 0.3 is 0 Å². The van der Waals surface area contributed by atoms with E-state index in [1.54, 1.807) is 9.08 Å². The van der Waals surface area contributed by atoms with E-state index in [2.05, 4.69) is 28.9 Å². The van der Waals surface area contributed by atoms with Crippen molar-refractivity contribution in [1.82, 2.24) is 24.1 Å². The fraction of sp³-hybridized carbons (Fsp3) is 0.385. The Morgan fingerprint density at radius 3 is 2.89 bits per heavy atom. The van der Waals surface area contributed by atoms with Crippen LogP contribution >= 0.6 is 0 Å². The summed E-state index contributed by atoms with van der Waals surface area (Å²) in [5.74, 6) is 0.935. The first-order valence-electron chi connectivity index (χ1n) is 6.27. The lowest BCUT2D eigenvalue weighted by Gasteiger charge is -2.10. The van der Waals surface area contributed by atoms with E-state index in [-0.39, 0.29) is 5.56 Å². The van der Waals surface area contributed by atoms with Gasteiger partial charge in [0.2, 0.25) is 0 Å². The first kappa shape index (κ1) is 11.8. The topological polar surface area (TPSA) is 65.1 Å². The van der Waals surface area contributed by atoms with Crippen LogP contribution in [-0.2, 0) is 6.54 Å². The lowest BCUT2D eigenvalue weighted by Crippen LogP contribution is -2.23. The van der Waals surface area contributed by atoms with Gasteiger partial charge in [0.25, 0.3) is 11.3 Å². The minimum Gasteiger partial charge on any atom is -0.315 e. The van der Waals surface area contributed by atoms with Crippen molar-refractivity contribution >= 4 is 16.7 Å². The van der Waals surface area contributed by atoms with Gasteiger partial charge in [0, 0.05) is 12.7 Å². The summed E-state index contributed by atoms with van der Waals surface area (Å²) >= 11 is 0. The molecular formula is C13H15N5O. The Morgan fingerprint density at radius 2 is 2.16 bits per heavy atom. The standard InChI is InChI=1S/C13H15N5O/c1-8(2)6-17-5-4-10-11(12(17)19)9(3)16-13-14-7-15-18(10)13/h4-5,7-8H,6H2,1-3H3. The van der Waals surface area contributed by atoms with Crippen LogP contribution in [-0.4, -0.2) is 24.1 Å². The van der Waals surface area contributed by atoms with Crippen LogP contribution in [0.4, 0.5) is 0 Å². The molecule has 0 fully saturated rings. The van der Waals surface area contributed by atoms with Crippen molar-refractivity contribution in [2.75, 3.05) is 0 Å². The third-order valence-corrected chi connectivity index (χ3v) is 3.09. The predicted octanol–water partition coefficient (Wildman–Crippen LogP) is 1.40. The first-order valence-corrected chi connectivity index (χ1v) is 6.27. The van der Waals surface area contributed by atoms with Gasteiger partial charge in [-0.3, -0.25) is 4.79 Å². The monoisotopic (exact) mass is 257 g/mol. The average molecular weight is 257 g/mol. The fourth-order valence-corrected chi connectivity index (χ4v) is 2.31. The van der Waals surface area contributed by atoms with Crippen molar-refractivity contribution in [3.05, 3.63) is 34.6 Å². The molecule has 6 nitrogen and oxygen atoms in total. The largest absolute Gasteiger partial charge is 0.315 e. The van der Waals surface area contributed by atoms with Gasteiger partial charge in [0.05, 0.1) is 16.6 Å². The quantitative estimate of drug-likeness (QED) is 0.696. The maximum absolute atomic E-state index is 12.5. The van der Waals surface area contributed by atoms with Crippen LogP contribution in [0.3, 0.4) is 0 Å². The summed E-state index contributed by atoms with van der Waals surface area (Å²) in [4.78, 5) is 20.9. The molecule has 0 saturated carbocycles. The Morgan fingerprint density at radius 1 is 1.37 bits per heavy atom. The average Bonchev–Trinajstić information content (AvgIpc) is 2.79. The van der Waals surface area contributed by atoms with Crippen LogP contribution < -0.4 is 5.56 Å². The van der Waals surface area contributed by atoms with Crippen molar-refractivity contribution in [1.29, 1.82) is 0 Å². The van der Waals surface area contributed by atoms with E-state index in [1.807, 2.05) is 19.2 Å². The first-order chi connectivity index (χ1) is 9.08. The molecule has 3 aromatic rings. The van der Waals surface area contributed by atoms with E-state index in [0.29, 0.717) is 29.3 Å². The molecule has 0 atom stereocenters. The van der Waals surface area contributed by atoms with E-state index in [9.17, 15) is 4.79 Å². The minimum atomic E-state index is -0.0198. The maximum atomic E-state index is 12.5. The molecule has 3 rings (SSSR count). The Hall–Kier alpha value is -2.24. The molecule has 19 heavy (non-hydrogen) atoms. The number of aryl methyl sites for hydroxylation is 1. The van der Waals surface area contributed by atoms with Crippen LogP contribution in [0.1, 0.15) is 19.5 Å². The molecule has 98 valence electrons. The van der Waals surface area contributed by atoms with Crippen LogP contribution in [0, 0.1) is 12.8 Å². The van der Waals surface area contributed by atoms with Gasteiger partial charge in [-0.25, -0.2) is 4.98 Å². The van der Waals surface area contributed by atoms with Crippen molar-refractivity contribution in [3.8, 4) is 0 Å². The number of hydrogen-bond acceptors (Lipinski definition) is 4. The normalized spacial score (nSPS) is 11.8. The number of hydrogen-bond donors (Lipinski definition) is 0. The van der Waals surface area contributed by atoms with Gasteiger partial charge < -0.3 is 4.57 Å². The molecule has 0 N–H and O–H groups in total. The Kier molecular flexibility index (Phi) is 2.58. The molecule has 0 aliphatic carbocycles. The van der Waals surface area contributed by atoms with E-state index < -0.39 is 0 Å². The second-order valence-corrected chi connectivity index (χ2v) is 5.10. The van der Waals surface area contributed by atoms with Crippen LogP contribution in [0.5, 0.6) is 0 Å². The molecule has 0 aliphatic heterocycles. The van der Waals surface area contributed by atoms with E-state index in [0.717, 1.165) is 5.52 Å². The molecule has 0 spiro atoms. The summed E-state index contributed by atoms with van der Waals surface area (Å²) in [6.07, 6.45) is 3.26. The zero-order chi connectivity index (χ0) is 13.6. The molecule has 0 radical (unpaired) electrons. The van der Waals surface area contributed by atoms with Gasteiger partial charge in [0.15, 0.2) is 0 Å². The number of fused-ring (bicyclic) bond motifs is 3. The second kappa shape index (κ2) is 4.15. The van der Waals surface area contributed by atoms with E-state index in [1.165, 1.54) is 6.33 Å². The summed E-state index contributed by atoms with van der Waals surface area (Å²) < 4.78 is 3.33. The van der Waals surface area contributed by atoms with Gasteiger partial charge in [-0.15, -0.1) is 0 Å². The fourth-order valence-electron chi connectivity index (χ4n) is 2.31. The van der Waals surface area contributed by atoms with Gasteiger partial charge in [-0.2, -0.15) is 14.6 Å². The summed E-state index contributed by atoms with van der Waals surface area (Å²) in [6, 6.07) is 1.90. The lowest BCUT2D eigenvalue weighted by atomic mass is 10.2. The molecule has 0 unspecified atom stereocenters. The summed E-state index contributed by atoms with van der Waals surface area (Å²) in [5, 5.41) is 4.73. The van der Waals surface area contributed by atoms with Crippen LogP contribution in [0.15, 0.2) is 23.4 Å². The Bertz CT molecular complexity index is 815. The highest BCUT2D eigenvalue weighted by molar-refractivity contribution is 5.81. The van der Waals surface area contributed by atoms with Crippen LogP contribution in [0.2, 0.25) is 0 Å². The summed E-state index contributed by atoms with van der Waals surface area (Å²) in [6.45, 7) is 6.70. The van der Waals surface area contributed by atoms with Crippen molar-refractivity contribution in [2.24, 2.45) is 5.92 Å². The van der Waals surface area contributed by atoms with Gasteiger partial charge in [-0.05, 0) is 18.9 Å². The SMILES string of the molecule is Cc1nc2ncnn2c2ccn(CC(C)C)c(=O)c12. The number of nitrogens with zero attached hydrogens (tertiary/aromatic N) is 5. The second-order valence-electron chi connectivity index (χ2n) is 5.10. The third-order valence-electron chi connectivity index (χ3n) is 3.09. The minimum absolute atomic E-state index is 0.0198. The molecule has 3 aromatic heterocycles. The van der Waals surface area contributed by atoms with Crippen LogP contribution in [0.25, 0.3) is 16.7 Å². The Labute approximate surface area is 109 Å². The highest BCUT2D eigenvalue weighted by atomic mass is 16.1. The molecule has 0 bridgehead atoms. The molecule has 6 heteroatoms. The number of rotatable bonds is 2. The third kappa shape index (κ3) is 1.80. The molecule has 0 saturated heterocycles. The van der Waals surface area contributed by atoms with Gasteiger partial charge in [-0.1, -0.05) is 13.8 Å². The predicted molar refractivity (Wildman–Crippen MR) is 72.1 cm³/mol. The number of aromatic nitrogens is 5. The lowest BCUT2D eigenvalue weighted by molar-refractivity contribution is 0.513. The maximum Gasteiger partial charge on any atom is 0.261 e. The van der Waals surface area contributed by atoms with E-state index in [4.69, 9.17) is 0 Å². The van der Waals surface area contributed by atoms with Crippen molar-refractivity contribution in [2.45, 2.75) is 27.3 Å². The van der Waals surface area contributed by atoms with E-state index >= 15 is 0 Å². The molecule has 0 aliphatic rings. The molecular weight excluding hydrogens is 242 g/mol. The summed E-state index contributed by atoms with van der Waals surface area (Å²) in [5.41, 5.74) is 1.43. The zero-order valence-corrected chi connectivity index (χ0v) is 11.2. The summed E-state index contributed by atoms with van der Waals surface area (Å²) in [7, 11) is 0. The highest BCUT2D eigenvalue weighted by Gasteiger charge is 2.12. The zero-order valence-electron chi connectivity index (χ0n) is 11.2. The smallest absolute Gasteiger partial charge is 0.261 e. The highest BCUT2D eigenvalue weighted by Crippen LogP contribution is 2.13. The van der Waals surface area contributed by atoms with Crippen molar-refractivity contribution < 1.29 is 0 Å². The molecule has 0 aromatic carbocycles. The van der Waals surface area contributed by atoms with Gasteiger partial charge in [0.1, 0.15) is 6.33 Å².